The van der Waals surface area contributed by atoms with Crippen LogP contribution in [0.15, 0.2) is 0 Å². The monoisotopic (exact) mass is 332 g/mol. The highest BCUT2D eigenvalue weighted by Crippen LogP contribution is 2.19. The number of amides is 2. The van der Waals surface area contributed by atoms with E-state index in [2.05, 4.69) is 15.5 Å². The highest BCUT2D eigenvalue weighted by atomic mass is 32.2. The van der Waals surface area contributed by atoms with Crippen molar-refractivity contribution in [1.29, 1.82) is 0 Å². The van der Waals surface area contributed by atoms with E-state index in [1.165, 1.54) is 11.3 Å². The van der Waals surface area contributed by atoms with Crippen molar-refractivity contribution in [1.82, 2.24) is 20.4 Å². The predicted molar refractivity (Wildman–Crippen MR) is 81.1 cm³/mol. The lowest BCUT2D eigenvalue weighted by molar-refractivity contribution is 0.184. The Hall–Kier alpha value is -1.22. The summed E-state index contributed by atoms with van der Waals surface area (Å²) in [5, 5.41) is 12.6. The van der Waals surface area contributed by atoms with Crippen LogP contribution in [0.2, 0.25) is 0 Å². The Bertz CT molecular complexity index is 612. The molecule has 1 aliphatic rings. The number of urea groups is 1. The number of sulfone groups is 1. The second-order valence-electron chi connectivity index (χ2n) is 5.50. The van der Waals surface area contributed by atoms with Crippen molar-refractivity contribution in [2.45, 2.75) is 39.3 Å². The van der Waals surface area contributed by atoms with Gasteiger partial charge in [-0.2, -0.15) is 0 Å². The molecular formula is C12H20N4O3S2. The molecule has 9 heteroatoms. The van der Waals surface area contributed by atoms with Crippen LogP contribution < -0.4 is 5.32 Å². The summed E-state index contributed by atoms with van der Waals surface area (Å²) >= 11 is 1.48. The highest BCUT2D eigenvalue weighted by molar-refractivity contribution is 7.91. The first-order valence-corrected chi connectivity index (χ1v) is 9.49. The fourth-order valence-corrected chi connectivity index (χ4v) is 4.47. The Morgan fingerprint density at radius 2 is 2.19 bits per heavy atom. The quantitative estimate of drug-likeness (QED) is 0.891. The van der Waals surface area contributed by atoms with Crippen molar-refractivity contribution in [2.24, 2.45) is 0 Å². The zero-order chi connectivity index (χ0) is 15.6. The standard InChI is InChI=1S/C12H20N4O3S2/c1-8(2)11-15-14-10(20-11)6-13-12(17)16-4-5-21(18,19)7-9(16)3/h8-9H,4-7H2,1-3H3,(H,13,17). The molecule has 1 saturated heterocycles. The number of nitrogens with zero attached hydrogens (tertiary/aromatic N) is 3. The lowest BCUT2D eigenvalue weighted by atomic mass is 10.2. The molecule has 2 amide bonds. The van der Waals surface area contributed by atoms with E-state index in [0.29, 0.717) is 12.5 Å². The molecule has 1 fully saturated rings. The highest BCUT2D eigenvalue weighted by Gasteiger charge is 2.31. The van der Waals surface area contributed by atoms with E-state index in [4.69, 9.17) is 0 Å². The SMILES string of the molecule is CC(C)c1nnc(CNC(=O)N2CCS(=O)(=O)CC2C)s1. The number of rotatable bonds is 3. The van der Waals surface area contributed by atoms with Gasteiger partial charge >= 0.3 is 6.03 Å². The predicted octanol–water partition coefficient (Wildman–Crippen LogP) is 0.990. The molecule has 1 aliphatic heterocycles. The van der Waals surface area contributed by atoms with Gasteiger partial charge in [0.25, 0.3) is 0 Å². The molecule has 1 aromatic heterocycles. The van der Waals surface area contributed by atoms with Gasteiger partial charge in [-0.25, -0.2) is 13.2 Å². The number of nitrogens with one attached hydrogen (secondary N) is 1. The van der Waals surface area contributed by atoms with Crippen molar-refractivity contribution in [3.63, 3.8) is 0 Å². The van der Waals surface area contributed by atoms with Crippen LogP contribution in [0.4, 0.5) is 4.79 Å². The Morgan fingerprint density at radius 1 is 1.48 bits per heavy atom. The molecule has 118 valence electrons. The van der Waals surface area contributed by atoms with Crippen LogP contribution in [-0.2, 0) is 16.4 Å². The average molecular weight is 332 g/mol. The van der Waals surface area contributed by atoms with E-state index in [1.54, 1.807) is 11.8 Å². The van der Waals surface area contributed by atoms with Gasteiger partial charge in [0.2, 0.25) is 0 Å². The van der Waals surface area contributed by atoms with Gasteiger partial charge < -0.3 is 10.2 Å². The molecule has 7 nitrogen and oxygen atoms in total. The topological polar surface area (TPSA) is 92.3 Å². The van der Waals surface area contributed by atoms with Crippen molar-refractivity contribution in [3.8, 4) is 0 Å². The second-order valence-corrected chi connectivity index (χ2v) is 8.83. The minimum Gasteiger partial charge on any atom is -0.331 e. The van der Waals surface area contributed by atoms with Crippen LogP contribution in [0.5, 0.6) is 0 Å². The lowest BCUT2D eigenvalue weighted by Crippen LogP contribution is -2.53. The van der Waals surface area contributed by atoms with Crippen molar-refractivity contribution < 1.29 is 13.2 Å². The fourth-order valence-electron chi connectivity index (χ4n) is 2.12. The Balaban J connectivity index is 1.89. The summed E-state index contributed by atoms with van der Waals surface area (Å²) in [7, 11) is -3.01. The normalized spacial score (nSPS) is 21.5. The maximum absolute atomic E-state index is 12.1. The summed E-state index contributed by atoms with van der Waals surface area (Å²) in [6.45, 7) is 6.39. The molecule has 21 heavy (non-hydrogen) atoms. The van der Waals surface area contributed by atoms with Crippen LogP contribution in [0, 0.1) is 0 Å². The van der Waals surface area contributed by atoms with E-state index in [1.807, 2.05) is 13.8 Å². The van der Waals surface area contributed by atoms with E-state index in [0.717, 1.165) is 10.0 Å². The zero-order valence-corrected chi connectivity index (χ0v) is 14.0. The van der Waals surface area contributed by atoms with Gasteiger partial charge in [-0.1, -0.05) is 25.2 Å². The van der Waals surface area contributed by atoms with E-state index >= 15 is 0 Å². The molecule has 0 bridgehead atoms. The summed E-state index contributed by atoms with van der Waals surface area (Å²) < 4.78 is 23.0. The number of carbonyl (C=O) groups excluding carboxylic acids is 1. The molecule has 0 radical (unpaired) electrons. The Labute approximate surface area is 128 Å². The van der Waals surface area contributed by atoms with Gasteiger partial charge in [0, 0.05) is 18.5 Å². The Kier molecular flexibility index (Phi) is 4.82. The van der Waals surface area contributed by atoms with Crippen LogP contribution in [0.25, 0.3) is 0 Å². The van der Waals surface area contributed by atoms with Gasteiger partial charge in [-0.3, -0.25) is 0 Å². The molecule has 0 aromatic carbocycles. The van der Waals surface area contributed by atoms with E-state index in [-0.39, 0.29) is 30.1 Å². The Morgan fingerprint density at radius 3 is 2.76 bits per heavy atom. The molecule has 0 spiro atoms. The number of hydrogen-bond acceptors (Lipinski definition) is 6. The second kappa shape index (κ2) is 6.27. The minimum atomic E-state index is -3.01. The van der Waals surface area contributed by atoms with Gasteiger partial charge in [-0.15, -0.1) is 10.2 Å². The number of aromatic nitrogens is 2. The molecule has 0 saturated carbocycles. The summed E-state index contributed by atoms with van der Waals surface area (Å²) in [5.41, 5.74) is 0. The van der Waals surface area contributed by atoms with Gasteiger partial charge in [-0.05, 0) is 6.92 Å². The molecule has 1 aromatic rings. The van der Waals surface area contributed by atoms with Crippen LogP contribution >= 0.6 is 11.3 Å². The number of carbonyl (C=O) groups is 1. The van der Waals surface area contributed by atoms with Crippen LogP contribution in [0.3, 0.4) is 0 Å². The fraction of sp³-hybridized carbons (Fsp3) is 0.750. The molecule has 2 rings (SSSR count). The first-order chi connectivity index (χ1) is 9.78. The summed E-state index contributed by atoms with van der Waals surface area (Å²) in [6.07, 6.45) is 0. The molecule has 0 aliphatic carbocycles. The molecular weight excluding hydrogens is 312 g/mol. The zero-order valence-electron chi connectivity index (χ0n) is 12.4. The molecule has 1 atom stereocenters. The van der Waals surface area contributed by atoms with Crippen molar-refractivity contribution >= 4 is 27.2 Å². The van der Waals surface area contributed by atoms with E-state index < -0.39 is 9.84 Å². The van der Waals surface area contributed by atoms with E-state index in [9.17, 15) is 13.2 Å². The van der Waals surface area contributed by atoms with Gasteiger partial charge in [0.05, 0.1) is 18.1 Å². The average Bonchev–Trinajstić information content (AvgIpc) is 2.83. The van der Waals surface area contributed by atoms with Gasteiger partial charge in [0.1, 0.15) is 10.0 Å². The lowest BCUT2D eigenvalue weighted by Gasteiger charge is -2.32. The van der Waals surface area contributed by atoms with Crippen LogP contribution in [-0.4, -0.2) is 53.6 Å². The van der Waals surface area contributed by atoms with Gasteiger partial charge in [0.15, 0.2) is 9.84 Å². The third-order valence-electron chi connectivity index (χ3n) is 3.30. The first-order valence-electron chi connectivity index (χ1n) is 6.85. The summed E-state index contributed by atoms with van der Waals surface area (Å²) in [5.74, 6) is 0.372. The third kappa shape index (κ3) is 4.13. The molecule has 1 unspecified atom stereocenters. The molecule has 1 N–H and O–H groups in total. The summed E-state index contributed by atoms with van der Waals surface area (Å²) in [6, 6.07) is -0.553. The smallest absolute Gasteiger partial charge is 0.318 e. The maximum Gasteiger partial charge on any atom is 0.318 e. The van der Waals surface area contributed by atoms with Crippen molar-refractivity contribution in [2.75, 3.05) is 18.1 Å². The van der Waals surface area contributed by atoms with Crippen molar-refractivity contribution in [3.05, 3.63) is 10.0 Å². The maximum atomic E-state index is 12.1. The first kappa shape index (κ1) is 16.2. The minimum absolute atomic E-state index is 0.0245. The summed E-state index contributed by atoms with van der Waals surface area (Å²) in [4.78, 5) is 13.7. The molecule has 2 heterocycles. The van der Waals surface area contributed by atoms with Crippen LogP contribution in [0.1, 0.15) is 36.7 Å². The number of hydrogen-bond donors (Lipinski definition) is 1. The largest absolute Gasteiger partial charge is 0.331 e. The third-order valence-corrected chi connectivity index (χ3v) is 6.32.